The van der Waals surface area contributed by atoms with Crippen molar-refractivity contribution in [2.45, 2.75) is 0 Å². The van der Waals surface area contributed by atoms with Gasteiger partial charge in [-0.05, 0) is 35.9 Å². The van der Waals surface area contributed by atoms with Crippen LogP contribution in [0.4, 0.5) is 11.4 Å². The number of hydrogen-bond acceptors (Lipinski definition) is 5. The van der Waals surface area contributed by atoms with Crippen LogP contribution in [0.3, 0.4) is 0 Å². The van der Waals surface area contributed by atoms with Gasteiger partial charge >= 0.3 is 5.97 Å². The van der Waals surface area contributed by atoms with Crippen molar-refractivity contribution in [2.75, 3.05) is 5.43 Å². The molecule has 0 bridgehead atoms. The normalized spacial score (nSPS) is 10.6. The SMILES string of the molecule is O=C(O)c1cc(N/N=C/c2ccc([N+](=O)[O-])cc2)ccc1Cl. The number of carboxylic acid groups (broad SMARTS) is 1. The van der Waals surface area contributed by atoms with Gasteiger partial charge < -0.3 is 5.11 Å². The number of benzene rings is 2. The zero-order chi connectivity index (χ0) is 16.1. The van der Waals surface area contributed by atoms with Crippen molar-refractivity contribution >= 4 is 35.2 Å². The second-order valence-corrected chi connectivity index (χ2v) is 4.63. The zero-order valence-electron chi connectivity index (χ0n) is 11.1. The lowest BCUT2D eigenvalue weighted by atomic mass is 10.2. The number of hydrogen-bond donors (Lipinski definition) is 2. The first kappa shape index (κ1) is 15.5. The summed E-state index contributed by atoms with van der Waals surface area (Å²) in [6.07, 6.45) is 1.46. The molecule has 2 aromatic rings. The number of nitro groups is 1. The summed E-state index contributed by atoms with van der Waals surface area (Å²) in [5.41, 5.74) is 3.75. The number of non-ortho nitro benzene ring substituents is 1. The topological polar surface area (TPSA) is 105 Å². The molecule has 0 saturated heterocycles. The van der Waals surface area contributed by atoms with E-state index >= 15 is 0 Å². The van der Waals surface area contributed by atoms with Crippen molar-refractivity contribution in [1.82, 2.24) is 0 Å². The first-order valence-electron chi connectivity index (χ1n) is 6.04. The fraction of sp³-hybridized carbons (Fsp3) is 0. The number of rotatable bonds is 5. The maximum absolute atomic E-state index is 11.0. The summed E-state index contributed by atoms with van der Waals surface area (Å²) >= 11 is 5.76. The van der Waals surface area contributed by atoms with Crippen LogP contribution in [-0.4, -0.2) is 22.2 Å². The molecular weight excluding hydrogens is 310 g/mol. The molecule has 0 unspecified atom stereocenters. The van der Waals surface area contributed by atoms with E-state index in [0.717, 1.165) is 0 Å². The lowest BCUT2D eigenvalue weighted by Crippen LogP contribution is -1.99. The number of carbonyl (C=O) groups is 1. The minimum atomic E-state index is -1.13. The van der Waals surface area contributed by atoms with Gasteiger partial charge in [-0.15, -0.1) is 0 Å². The van der Waals surface area contributed by atoms with E-state index < -0.39 is 10.9 Å². The number of hydrazone groups is 1. The van der Waals surface area contributed by atoms with Crippen LogP contribution in [-0.2, 0) is 0 Å². The van der Waals surface area contributed by atoms with Gasteiger partial charge in [0.25, 0.3) is 5.69 Å². The Morgan fingerprint density at radius 2 is 1.95 bits per heavy atom. The van der Waals surface area contributed by atoms with Crippen LogP contribution >= 0.6 is 11.6 Å². The van der Waals surface area contributed by atoms with Gasteiger partial charge in [-0.1, -0.05) is 11.6 Å². The molecule has 7 nitrogen and oxygen atoms in total. The molecule has 2 N–H and O–H groups in total. The Balaban J connectivity index is 2.07. The van der Waals surface area contributed by atoms with E-state index in [1.807, 2.05) is 0 Å². The van der Waals surface area contributed by atoms with Crippen molar-refractivity contribution in [1.29, 1.82) is 0 Å². The fourth-order valence-corrected chi connectivity index (χ4v) is 1.82. The minimum absolute atomic E-state index is 0.00564. The minimum Gasteiger partial charge on any atom is -0.478 e. The molecule has 112 valence electrons. The molecular formula is C14H10ClN3O4. The average molecular weight is 320 g/mol. The third kappa shape index (κ3) is 3.80. The van der Waals surface area contributed by atoms with E-state index in [-0.39, 0.29) is 16.3 Å². The average Bonchev–Trinajstić information content (AvgIpc) is 2.49. The molecule has 0 aliphatic heterocycles. The number of anilines is 1. The monoisotopic (exact) mass is 319 g/mol. The molecule has 0 saturated carbocycles. The Morgan fingerprint density at radius 3 is 2.55 bits per heavy atom. The van der Waals surface area contributed by atoms with Crippen LogP contribution < -0.4 is 5.43 Å². The Morgan fingerprint density at radius 1 is 1.27 bits per heavy atom. The summed E-state index contributed by atoms with van der Waals surface area (Å²) in [4.78, 5) is 21.0. The third-order valence-corrected chi connectivity index (χ3v) is 3.04. The van der Waals surface area contributed by atoms with Crippen molar-refractivity contribution in [3.63, 3.8) is 0 Å². The number of aromatic carboxylic acids is 1. The molecule has 0 amide bonds. The van der Waals surface area contributed by atoms with E-state index in [1.54, 1.807) is 18.2 Å². The highest BCUT2D eigenvalue weighted by Crippen LogP contribution is 2.20. The second-order valence-electron chi connectivity index (χ2n) is 4.22. The standard InChI is InChI=1S/C14H10ClN3O4/c15-13-6-3-10(7-12(13)14(19)20)17-16-8-9-1-4-11(5-2-9)18(21)22/h1-8,17H,(H,19,20)/b16-8+. The maximum Gasteiger partial charge on any atom is 0.337 e. The van der Waals surface area contributed by atoms with Gasteiger partial charge in [0.15, 0.2) is 0 Å². The highest BCUT2D eigenvalue weighted by atomic mass is 35.5. The van der Waals surface area contributed by atoms with Gasteiger partial charge in [0.05, 0.1) is 27.4 Å². The number of nitrogens with one attached hydrogen (secondary N) is 1. The van der Waals surface area contributed by atoms with Gasteiger partial charge in [-0.2, -0.15) is 5.10 Å². The molecule has 22 heavy (non-hydrogen) atoms. The van der Waals surface area contributed by atoms with Gasteiger partial charge in [0, 0.05) is 12.1 Å². The summed E-state index contributed by atoms with van der Waals surface area (Å²) in [6, 6.07) is 10.2. The fourth-order valence-electron chi connectivity index (χ4n) is 1.62. The molecule has 0 aromatic heterocycles. The lowest BCUT2D eigenvalue weighted by Gasteiger charge is -2.03. The van der Waals surface area contributed by atoms with Crippen LogP contribution in [0.5, 0.6) is 0 Å². The Bertz CT molecular complexity index is 744. The Labute approximate surface area is 130 Å². The van der Waals surface area contributed by atoms with Crippen molar-refractivity contribution < 1.29 is 14.8 Å². The van der Waals surface area contributed by atoms with Gasteiger partial charge in [-0.25, -0.2) is 4.79 Å². The summed E-state index contributed by atoms with van der Waals surface area (Å²) < 4.78 is 0. The molecule has 0 spiro atoms. The molecule has 8 heteroatoms. The van der Waals surface area contributed by atoms with E-state index in [2.05, 4.69) is 10.5 Å². The van der Waals surface area contributed by atoms with Crippen LogP contribution in [0.1, 0.15) is 15.9 Å². The van der Waals surface area contributed by atoms with E-state index in [0.29, 0.717) is 11.3 Å². The molecule has 2 rings (SSSR count). The third-order valence-electron chi connectivity index (χ3n) is 2.71. The maximum atomic E-state index is 11.0. The van der Waals surface area contributed by atoms with Crippen molar-refractivity contribution in [3.05, 3.63) is 68.7 Å². The first-order chi connectivity index (χ1) is 10.5. The first-order valence-corrected chi connectivity index (χ1v) is 6.41. The molecule has 2 aromatic carbocycles. The predicted molar refractivity (Wildman–Crippen MR) is 82.7 cm³/mol. The van der Waals surface area contributed by atoms with E-state index in [4.69, 9.17) is 16.7 Å². The van der Waals surface area contributed by atoms with Crippen molar-refractivity contribution in [2.24, 2.45) is 5.10 Å². The molecule has 0 fully saturated rings. The smallest absolute Gasteiger partial charge is 0.337 e. The molecule has 0 heterocycles. The molecule has 0 aliphatic carbocycles. The number of halogens is 1. The van der Waals surface area contributed by atoms with Crippen LogP contribution in [0.25, 0.3) is 0 Å². The van der Waals surface area contributed by atoms with Gasteiger partial charge in [-0.3, -0.25) is 15.5 Å². The Kier molecular flexibility index (Phi) is 4.70. The largest absolute Gasteiger partial charge is 0.478 e. The van der Waals surface area contributed by atoms with Crippen LogP contribution in [0.2, 0.25) is 5.02 Å². The number of nitro benzene ring substituents is 1. The number of carboxylic acids is 1. The van der Waals surface area contributed by atoms with Crippen molar-refractivity contribution in [3.8, 4) is 0 Å². The van der Waals surface area contributed by atoms with Gasteiger partial charge in [0.1, 0.15) is 0 Å². The molecule has 0 aliphatic rings. The molecule has 0 atom stereocenters. The summed E-state index contributed by atoms with van der Waals surface area (Å²) in [7, 11) is 0. The highest BCUT2D eigenvalue weighted by Gasteiger charge is 2.08. The second kappa shape index (κ2) is 6.68. The zero-order valence-corrected chi connectivity index (χ0v) is 11.8. The highest BCUT2D eigenvalue weighted by molar-refractivity contribution is 6.33. The lowest BCUT2D eigenvalue weighted by molar-refractivity contribution is -0.384. The van der Waals surface area contributed by atoms with Crippen LogP contribution in [0, 0.1) is 10.1 Å². The van der Waals surface area contributed by atoms with Gasteiger partial charge in [0.2, 0.25) is 0 Å². The quantitative estimate of drug-likeness (QED) is 0.499. The summed E-state index contributed by atoms with van der Waals surface area (Å²) in [6.45, 7) is 0. The predicted octanol–water partition coefficient (Wildman–Crippen LogP) is 3.39. The summed E-state index contributed by atoms with van der Waals surface area (Å²) in [5, 5.41) is 23.6. The number of nitrogens with zero attached hydrogens (tertiary/aromatic N) is 2. The van der Waals surface area contributed by atoms with E-state index in [9.17, 15) is 14.9 Å². The molecule has 0 radical (unpaired) electrons. The summed E-state index contributed by atoms with van der Waals surface area (Å²) in [5.74, 6) is -1.13. The Hall–Kier alpha value is -2.93. The van der Waals surface area contributed by atoms with E-state index in [1.165, 1.54) is 30.5 Å². The van der Waals surface area contributed by atoms with Crippen LogP contribution in [0.15, 0.2) is 47.6 Å².